The first-order valence-corrected chi connectivity index (χ1v) is 15.1. The van der Waals surface area contributed by atoms with E-state index in [4.69, 9.17) is 9.47 Å². The number of esters is 1. The molecule has 13 nitrogen and oxygen atoms in total. The molecule has 3 aromatic heterocycles. The minimum absolute atomic E-state index is 0.0396. The van der Waals surface area contributed by atoms with Crippen LogP contribution in [0.25, 0.3) is 27.7 Å². The van der Waals surface area contributed by atoms with Crippen LogP contribution in [-0.2, 0) is 20.8 Å². The summed E-state index contributed by atoms with van der Waals surface area (Å²) in [6.07, 6.45) is 2.64. The third kappa shape index (κ3) is 6.31. The average molecular weight is 642 g/mol. The maximum absolute atomic E-state index is 15.3. The third-order valence-electron chi connectivity index (χ3n) is 8.05. The molecular weight excluding hydrogens is 609 g/mol. The SMILES string of the molecule is CC(=O)O[C@@H]1COCC[C@H]1Nc1ncc(F)c(-c2ccc3c(c2)c(C(C)C)c(CNC(=O)c2ccccc2C(=O)O)n2cnnc32)n1. The van der Waals surface area contributed by atoms with Gasteiger partial charge in [0.2, 0.25) is 5.95 Å². The number of aromatic nitrogens is 5. The molecule has 14 heteroatoms. The van der Waals surface area contributed by atoms with E-state index in [9.17, 15) is 19.5 Å². The van der Waals surface area contributed by atoms with Crippen molar-refractivity contribution in [2.24, 2.45) is 0 Å². The monoisotopic (exact) mass is 641 g/mol. The minimum atomic E-state index is -1.20. The summed E-state index contributed by atoms with van der Waals surface area (Å²) in [6, 6.07) is 11.1. The minimum Gasteiger partial charge on any atom is -0.478 e. The van der Waals surface area contributed by atoms with E-state index in [0.717, 1.165) is 22.5 Å². The number of carboxylic acid groups (broad SMARTS) is 1. The molecule has 0 unspecified atom stereocenters. The standard InChI is InChI=1S/C33H32FN7O6/c1-17(2)28-23-12-19(29-24(34)13-36-33(39-29)38-25-10-11-46-15-27(25)47-18(3)42)8-9-20(23)30-40-37-16-41(30)26(28)14-35-31(43)21-6-4-5-7-22(21)32(44)45/h4-9,12-13,16-17,25,27H,10-11,14-15H2,1-3H3,(H,35,43)(H,44,45)(H,36,38,39)/t25-,27-/m1/s1. The van der Waals surface area contributed by atoms with E-state index in [1.54, 1.807) is 28.9 Å². The maximum atomic E-state index is 15.3. The molecule has 1 amide bonds. The quantitative estimate of drug-likeness (QED) is 0.195. The van der Waals surface area contributed by atoms with Crippen LogP contribution in [0.2, 0.25) is 0 Å². The van der Waals surface area contributed by atoms with Crippen molar-refractivity contribution in [3.63, 3.8) is 0 Å². The largest absolute Gasteiger partial charge is 0.478 e. The number of carbonyl (C=O) groups excluding carboxylic acids is 2. The second-order valence-electron chi connectivity index (χ2n) is 11.5. The van der Waals surface area contributed by atoms with Crippen LogP contribution in [0.4, 0.5) is 10.3 Å². The first kappa shape index (κ1) is 31.5. The predicted octanol–water partition coefficient (Wildman–Crippen LogP) is 4.36. The highest BCUT2D eigenvalue weighted by Gasteiger charge is 2.29. The molecular formula is C33H32FN7O6. The molecule has 0 radical (unpaired) electrons. The van der Waals surface area contributed by atoms with Gasteiger partial charge in [0, 0.05) is 30.2 Å². The van der Waals surface area contributed by atoms with Gasteiger partial charge >= 0.3 is 11.9 Å². The Kier molecular flexibility index (Phi) is 8.76. The average Bonchev–Trinajstić information content (AvgIpc) is 3.55. The lowest BCUT2D eigenvalue weighted by molar-refractivity contribution is -0.153. The van der Waals surface area contributed by atoms with Gasteiger partial charge < -0.3 is 25.2 Å². The van der Waals surface area contributed by atoms with Gasteiger partial charge in [0.25, 0.3) is 5.91 Å². The van der Waals surface area contributed by atoms with Crippen LogP contribution in [0.5, 0.6) is 0 Å². The lowest BCUT2D eigenvalue weighted by Gasteiger charge is -2.31. The van der Waals surface area contributed by atoms with Crippen LogP contribution >= 0.6 is 0 Å². The molecule has 5 aromatic rings. The number of halogens is 1. The summed E-state index contributed by atoms with van der Waals surface area (Å²) in [5.74, 6) is -2.69. The molecule has 0 saturated carbocycles. The number of ether oxygens (including phenoxy) is 2. The van der Waals surface area contributed by atoms with Crippen LogP contribution in [-0.4, -0.2) is 72.9 Å². The molecule has 1 fully saturated rings. The highest BCUT2D eigenvalue weighted by Crippen LogP contribution is 2.35. The Morgan fingerprint density at radius 3 is 2.68 bits per heavy atom. The molecule has 1 aliphatic heterocycles. The van der Waals surface area contributed by atoms with E-state index >= 15 is 4.39 Å². The van der Waals surface area contributed by atoms with Gasteiger partial charge in [-0.1, -0.05) is 32.0 Å². The lowest BCUT2D eigenvalue weighted by Crippen LogP contribution is -2.44. The normalized spacial score (nSPS) is 16.4. The number of carbonyl (C=O) groups is 3. The number of hydrogen-bond acceptors (Lipinski definition) is 10. The van der Waals surface area contributed by atoms with Gasteiger partial charge in [0.05, 0.1) is 36.5 Å². The zero-order valence-corrected chi connectivity index (χ0v) is 25.9. The third-order valence-corrected chi connectivity index (χ3v) is 8.05. The molecule has 3 N–H and O–H groups in total. The molecule has 4 heterocycles. The molecule has 47 heavy (non-hydrogen) atoms. The summed E-state index contributed by atoms with van der Waals surface area (Å²) in [5, 5.41) is 25.6. The van der Waals surface area contributed by atoms with Crippen molar-refractivity contribution in [1.29, 1.82) is 0 Å². The van der Waals surface area contributed by atoms with E-state index in [1.807, 2.05) is 26.0 Å². The summed E-state index contributed by atoms with van der Waals surface area (Å²) in [5.41, 5.74) is 2.57. The fourth-order valence-electron chi connectivity index (χ4n) is 5.97. The number of aromatic carboxylic acids is 1. The smallest absolute Gasteiger partial charge is 0.336 e. The van der Waals surface area contributed by atoms with E-state index in [-0.39, 0.29) is 47.9 Å². The van der Waals surface area contributed by atoms with E-state index < -0.39 is 29.8 Å². The van der Waals surface area contributed by atoms with Crippen molar-refractivity contribution >= 4 is 40.2 Å². The number of benzene rings is 2. The van der Waals surface area contributed by atoms with E-state index in [0.29, 0.717) is 29.9 Å². The van der Waals surface area contributed by atoms with Crippen LogP contribution < -0.4 is 10.6 Å². The number of nitrogens with zero attached hydrogens (tertiary/aromatic N) is 5. The molecule has 6 rings (SSSR count). The molecule has 0 bridgehead atoms. The van der Waals surface area contributed by atoms with Crippen LogP contribution in [0.3, 0.4) is 0 Å². The second kappa shape index (κ2) is 13.1. The second-order valence-corrected chi connectivity index (χ2v) is 11.5. The predicted molar refractivity (Wildman–Crippen MR) is 169 cm³/mol. The number of nitrogens with one attached hydrogen (secondary N) is 2. The van der Waals surface area contributed by atoms with E-state index in [1.165, 1.54) is 19.1 Å². The summed E-state index contributed by atoms with van der Waals surface area (Å²) in [6.45, 7) is 6.05. The Labute approximate surface area is 268 Å². The number of anilines is 1. The van der Waals surface area contributed by atoms with Crippen molar-refractivity contribution in [3.05, 3.63) is 83.2 Å². The van der Waals surface area contributed by atoms with Gasteiger partial charge in [0.15, 0.2) is 11.5 Å². The van der Waals surface area contributed by atoms with Crippen molar-refractivity contribution in [1.82, 2.24) is 29.9 Å². The Morgan fingerprint density at radius 2 is 1.94 bits per heavy atom. The highest BCUT2D eigenvalue weighted by molar-refractivity contribution is 6.05. The lowest BCUT2D eigenvalue weighted by atomic mass is 9.92. The Hall–Kier alpha value is -5.50. The fraction of sp³-hybridized carbons (Fsp3) is 0.303. The zero-order valence-electron chi connectivity index (χ0n) is 25.9. The van der Waals surface area contributed by atoms with Gasteiger partial charge in [-0.3, -0.25) is 14.0 Å². The highest BCUT2D eigenvalue weighted by atomic mass is 19.1. The number of pyridine rings is 1. The number of fused-ring (bicyclic) bond motifs is 3. The van der Waals surface area contributed by atoms with Gasteiger partial charge in [0.1, 0.15) is 18.1 Å². The molecule has 2 aromatic carbocycles. The summed E-state index contributed by atoms with van der Waals surface area (Å²) < 4.78 is 28.0. The molecule has 1 aliphatic rings. The van der Waals surface area contributed by atoms with Crippen LogP contribution in [0, 0.1) is 5.82 Å². The van der Waals surface area contributed by atoms with Crippen LogP contribution in [0.1, 0.15) is 65.1 Å². The summed E-state index contributed by atoms with van der Waals surface area (Å²) >= 11 is 0. The van der Waals surface area contributed by atoms with Gasteiger partial charge in [-0.25, -0.2) is 19.2 Å². The molecule has 242 valence electrons. The summed E-state index contributed by atoms with van der Waals surface area (Å²) in [4.78, 5) is 45.1. The first-order chi connectivity index (χ1) is 22.6. The number of amides is 1. The van der Waals surface area contributed by atoms with Crippen molar-refractivity contribution in [3.8, 4) is 11.3 Å². The topological polar surface area (TPSA) is 170 Å². The van der Waals surface area contributed by atoms with Crippen molar-refractivity contribution in [2.75, 3.05) is 18.5 Å². The first-order valence-electron chi connectivity index (χ1n) is 15.1. The molecule has 0 spiro atoms. The van der Waals surface area contributed by atoms with Crippen LogP contribution in [0.15, 0.2) is 55.0 Å². The fourth-order valence-corrected chi connectivity index (χ4v) is 5.97. The number of rotatable bonds is 9. The Bertz CT molecular complexity index is 2010. The van der Waals surface area contributed by atoms with E-state index in [2.05, 4.69) is 30.8 Å². The van der Waals surface area contributed by atoms with Crippen molar-refractivity contribution in [2.45, 2.75) is 51.8 Å². The maximum Gasteiger partial charge on any atom is 0.336 e. The zero-order chi connectivity index (χ0) is 33.2. The van der Waals surface area contributed by atoms with Gasteiger partial charge in [-0.2, -0.15) is 0 Å². The molecule has 2 atom stereocenters. The Morgan fingerprint density at radius 1 is 1.15 bits per heavy atom. The number of carboxylic acids is 1. The molecule has 1 saturated heterocycles. The number of hydrogen-bond donors (Lipinski definition) is 3. The van der Waals surface area contributed by atoms with Gasteiger partial charge in [-0.05, 0) is 47.6 Å². The van der Waals surface area contributed by atoms with Gasteiger partial charge in [-0.15, -0.1) is 10.2 Å². The summed E-state index contributed by atoms with van der Waals surface area (Å²) in [7, 11) is 0. The molecule has 0 aliphatic carbocycles. The Balaban J connectivity index is 1.38. The van der Waals surface area contributed by atoms with Crippen molar-refractivity contribution < 1.29 is 33.4 Å².